The summed E-state index contributed by atoms with van der Waals surface area (Å²) < 4.78 is 5.45. The lowest BCUT2D eigenvalue weighted by atomic mass is 10.0. The van der Waals surface area contributed by atoms with Crippen LogP contribution < -0.4 is 10.2 Å². The standard InChI is InChI=1S/C16H27N3O/c1-12-10-13(2)18-15(19-6-8-20-9-7-19)14(12)11-17-16(3,4)5/h10,17H,6-9,11H2,1-5H3. The van der Waals surface area contributed by atoms with Crippen LogP contribution in [0.15, 0.2) is 6.07 Å². The molecule has 1 saturated heterocycles. The highest BCUT2D eigenvalue weighted by atomic mass is 16.5. The SMILES string of the molecule is Cc1cc(C)c(CNC(C)(C)C)c(N2CCOCC2)n1. The monoisotopic (exact) mass is 277 g/mol. The molecule has 0 aliphatic carbocycles. The lowest BCUT2D eigenvalue weighted by Gasteiger charge is -2.31. The summed E-state index contributed by atoms with van der Waals surface area (Å²) in [7, 11) is 0. The Balaban J connectivity index is 2.27. The van der Waals surface area contributed by atoms with Crippen molar-refractivity contribution in [3.05, 3.63) is 22.9 Å². The fourth-order valence-electron chi connectivity index (χ4n) is 2.45. The van der Waals surface area contributed by atoms with Crippen LogP contribution in [-0.2, 0) is 11.3 Å². The Hall–Kier alpha value is -1.13. The molecule has 0 amide bonds. The first-order chi connectivity index (χ1) is 9.37. The molecule has 0 bridgehead atoms. The number of pyridine rings is 1. The summed E-state index contributed by atoms with van der Waals surface area (Å²) in [6, 6.07) is 2.17. The van der Waals surface area contributed by atoms with Crippen LogP contribution in [0.1, 0.15) is 37.6 Å². The Morgan fingerprint density at radius 3 is 2.50 bits per heavy atom. The van der Waals surface area contributed by atoms with Crippen LogP contribution in [-0.4, -0.2) is 36.8 Å². The van der Waals surface area contributed by atoms with Crippen molar-refractivity contribution in [1.29, 1.82) is 0 Å². The normalized spacial score (nSPS) is 16.6. The third-order valence-corrected chi connectivity index (χ3v) is 3.56. The third kappa shape index (κ3) is 3.93. The van der Waals surface area contributed by atoms with Crippen molar-refractivity contribution in [3.63, 3.8) is 0 Å². The van der Waals surface area contributed by atoms with Gasteiger partial charge in [-0.1, -0.05) is 0 Å². The lowest BCUT2D eigenvalue weighted by molar-refractivity contribution is 0.122. The van der Waals surface area contributed by atoms with E-state index in [1.807, 2.05) is 0 Å². The quantitative estimate of drug-likeness (QED) is 0.921. The molecule has 4 nitrogen and oxygen atoms in total. The van der Waals surface area contributed by atoms with Crippen molar-refractivity contribution < 1.29 is 4.74 Å². The first-order valence-corrected chi connectivity index (χ1v) is 7.42. The Bertz CT molecular complexity index is 460. The number of nitrogens with one attached hydrogen (secondary N) is 1. The smallest absolute Gasteiger partial charge is 0.133 e. The highest BCUT2D eigenvalue weighted by Crippen LogP contribution is 2.24. The van der Waals surface area contributed by atoms with Crippen LogP contribution in [0.3, 0.4) is 0 Å². The van der Waals surface area contributed by atoms with E-state index in [0.717, 1.165) is 44.4 Å². The van der Waals surface area contributed by atoms with E-state index >= 15 is 0 Å². The molecule has 2 rings (SSSR count). The van der Waals surface area contributed by atoms with Gasteiger partial charge in [0.15, 0.2) is 0 Å². The van der Waals surface area contributed by atoms with Crippen molar-refractivity contribution in [2.45, 2.75) is 46.7 Å². The lowest BCUT2D eigenvalue weighted by Crippen LogP contribution is -2.39. The number of rotatable bonds is 3. The molecule has 0 atom stereocenters. The van der Waals surface area contributed by atoms with Crippen molar-refractivity contribution >= 4 is 5.82 Å². The van der Waals surface area contributed by atoms with Gasteiger partial charge in [-0.3, -0.25) is 0 Å². The van der Waals surface area contributed by atoms with Gasteiger partial charge in [-0.25, -0.2) is 4.98 Å². The van der Waals surface area contributed by atoms with Gasteiger partial charge in [-0.2, -0.15) is 0 Å². The fraction of sp³-hybridized carbons (Fsp3) is 0.688. The Kier molecular flexibility index (Phi) is 4.66. The zero-order valence-electron chi connectivity index (χ0n) is 13.4. The number of aryl methyl sites for hydroxylation is 2. The van der Waals surface area contributed by atoms with Gasteiger partial charge < -0.3 is 15.0 Å². The van der Waals surface area contributed by atoms with Crippen LogP contribution in [0, 0.1) is 13.8 Å². The maximum absolute atomic E-state index is 5.45. The summed E-state index contributed by atoms with van der Waals surface area (Å²) in [6.07, 6.45) is 0. The molecule has 0 radical (unpaired) electrons. The van der Waals surface area contributed by atoms with E-state index in [4.69, 9.17) is 9.72 Å². The van der Waals surface area contributed by atoms with Crippen molar-refractivity contribution in [3.8, 4) is 0 Å². The molecular weight excluding hydrogens is 250 g/mol. The van der Waals surface area contributed by atoms with E-state index in [9.17, 15) is 0 Å². The van der Waals surface area contributed by atoms with Crippen LogP contribution in [0.4, 0.5) is 5.82 Å². The minimum Gasteiger partial charge on any atom is -0.378 e. The first kappa shape index (κ1) is 15.3. The van der Waals surface area contributed by atoms with Crippen LogP contribution >= 0.6 is 0 Å². The predicted molar refractivity (Wildman–Crippen MR) is 83.3 cm³/mol. The molecule has 0 unspecified atom stereocenters. The van der Waals surface area contributed by atoms with E-state index in [2.05, 4.69) is 50.9 Å². The number of ether oxygens (including phenoxy) is 1. The minimum absolute atomic E-state index is 0.111. The van der Waals surface area contributed by atoms with Crippen molar-refractivity contribution in [2.24, 2.45) is 0 Å². The molecule has 1 N–H and O–H groups in total. The second-order valence-corrected chi connectivity index (χ2v) is 6.59. The summed E-state index contributed by atoms with van der Waals surface area (Å²) in [5.74, 6) is 1.13. The summed E-state index contributed by atoms with van der Waals surface area (Å²) in [4.78, 5) is 7.14. The highest BCUT2D eigenvalue weighted by molar-refractivity contribution is 5.52. The highest BCUT2D eigenvalue weighted by Gasteiger charge is 2.19. The minimum atomic E-state index is 0.111. The molecule has 0 spiro atoms. The van der Waals surface area contributed by atoms with Crippen LogP contribution in [0.25, 0.3) is 0 Å². The van der Waals surface area contributed by atoms with Gasteiger partial charge in [-0.15, -0.1) is 0 Å². The number of hydrogen-bond acceptors (Lipinski definition) is 4. The number of hydrogen-bond donors (Lipinski definition) is 1. The van der Waals surface area contributed by atoms with Crippen LogP contribution in [0.2, 0.25) is 0 Å². The number of morpholine rings is 1. The first-order valence-electron chi connectivity index (χ1n) is 7.42. The van der Waals surface area contributed by atoms with Gasteiger partial charge in [0.25, 0.3) is 0 Å². The van der Waals surface area contributed by atoms with Gasteiger partial charge in [0, 0.05) is 36.4 Å². The van der Waals surface area contributed by atoms with Gasteiger partial charge >= 0.3 is 0 Å². The van der Waals surface area contributed by atoms with Gasteiger partial charge in [0.2, 0.25) is 0 Å². The van der Waals surface area contributed by atoms with E-state index in [-0.39, 0.29) is 5.54 Å². The molecule has 2 heterocycles. The van der Waals surface area contributed by atoms with Crippen molar-refractivity contribution in [1.82, 2.24) is 10.3 Å². The van der Waals surface area contributed by atoms with E-state index in [0.29, 0.717) is 0 Å². The molecule has 1 aromatic rings. The Morgan fingerprint density at radius 2 is 1.90 bits per heavy atom. The zero-order valence-corrected chi connectivity index (χ0v) is 13.4. The topological polar surface area (TPSA) is 37.4 Å². The Morgan fingerprint density at radius 1 is 1.25 bits per heavy atom. The van der Waals surface area contributed by atoms with Crippen molar-refractivity contribution in [2.75, 3.05) is 31.2 Å². The number of nitrogens with zero attached hydrogens (tertiary/aromatic N) is 2. The molecule has 0 saturated carbocycles. The maximum atomic E-state index is 5.45. The Labute approximate surface area is 122 Å². The number of aromatic nitrogens is 1. The molecule has 1 aliphatic rings. The largest absolute Gasteiger partial charge is 0.378 e. The second-order valence-electron chi connectivity index (χ2n) is 6.59. The molecule has 112 valence electrons. The summed E-state index contributed by atoms with van der Waals surface area (Å²) in [5, 5.41) is 3.58. The maximum Gasteiger partial charge on any atom is 0.133 e. The average molecular weight is 277 g/mol. The van der Waals surface area contributed by atoms with E-state index < -0.39 is 0 Å². The molecule has 1 aliphatic heterocycles. The third-order valence-electron chi connectivity index (χ3n) is 3.56. The molecular formula is C16H27N3O. The van der Waals surface area contributed by atoms with E-state index in [1.165, 1.54) is 11.1 Å². The molecule has 1 aromatic heterocycles. The predicted octanol–water partition coefficient (Wildman–Crippen LogP) is 2.42. The molecule has 0 aromatic carbocycles. The van der Waals surface area contributed by atoms with Gasteiger partial charge in [0.05, 0.1) is 13.2 Å². The summed E-state index contributed by atoms with van der Waals surface area (Å²) >= 11 is 0. The molecule has 4 heteroatoms. The summed E-state index contributed by atoms with van der Waals surface area (Å²) in [6.45, 7) is 15.1. The second kappa shape index (κ2) is 6.10. The van der Waals surface area contributed by atoms with Crippen LogP contribution in [0.5, 0.6) is 0 Å². The summed E-state index contributed by atoms with van der Waals surface area (Å²) in [5.41, 5.74) is 3.83. The zero-order chi connectivity index (χ0) is 14.8. The molecule has 20 heavy (non-hydrogen) atoms. The average Bonchev–Trinajstić information content (AvgIpc) is 2.36. The number of anilines is 1. The van der Waals surface area contributed by atoms with Gasteiger partial charge in [-0.05, 0) is 46.2 Å². The molecule has 1 fully saturated rings. The van der Waals surface area contributed by atoms with E-state index in [1.54, 1.807) is 0 Å². The van der Waals surface area contributed by atoms with Gasteiger partial charge in [0.1, 0.15) is 5.82 Å². The fourth-order valence-corrected chi connectivity index (χ4v) is 2.45.